The summed E-state index contributed by atoms with van der Waals surface area (Å²) < 4.78 is 35.9. The average Bonchev–Trinajstić information content (AvgIpc) is 3.56. The molecular formula is C25H21ClN6O5S2. The zero-order valence-corrected chi connectivity index (χ0v) is 22.9. The maximum Gasteiger partial charge on any atom is 0.244 e. The lowest BCUT2D eigenvalue weighted by atomic mass is 10.2. The molecule has 1 aliphatic rings. The standard InChI is InChI=1S/C25H21ClN6O5S2/c1-15(33)29-19-13-16(10-11-32(19)34)22-21(27-2)24(39(35,36)18-8-6-17(26)7-9-18)23(38-22)25-28-14-31(30-25)20-5-3-4-12-37-20/h6-11,13-14,20,34H,3-5,12H2,1H3. The summed E-state index contributed by atoms with van der Waals surface area (Å²) in [4.78, 5) is 23.5. The minimum Gasteiger partial charge on any atom is -0.427 e. The molecule has 1 unspecified atom stereocenters. The lowest BCUT2D eigenvalue weighted by molar-refractivity contribution is -0.116. The molecule has 1 saturated heterocycles. The first-order chi connectivity index (χ1) is 18.7. The summed E-state index contributed by atoms with van der Waals surface area (Å²) in [6, 6.07) is 8.54. The quantitative estimate of drug-likeness (QED) is 0.261. The Kier molecular flexibility index (Phi) is 7.37. The molecule has 39 heavy (non-hydrogen) atoms. The van der Waals surface area contributed by atoms with Gasteiger partial charge in [0.25, 0.3) is 0 Å². The van der Waals surface area contributed by atoms with Crippen LogP contribution in [0.2, 0.25) is 5.02 Å². The number of aromatic nitrogens is 4. The maximum atomic E-state index is 14.0. The van der Waals surface area contributed by atoms with E-state index in [0.29, 0.717) is 26.8 Å². The molecule has 1 atom stereocenters. The zero-order valence-electron chi connectivity index (χ0n) is 20.5. The fourth-order valence-electron chi connectivity index (χ4n) is 4.15. The van der Waals surface area contributed by atoms with Crippen LogP contribution in [0.3, 0.4) is 0 Å². The van der Waals surface area contributed by atoms with E-state index in [0.717, 1.165) is 30.6 Å². The Morgan fingerprint density at radius 3 is 2.69 bits per heavy atom. The van der Waals surface area contributed by atoms with E-state index in [9.17, 15) is 18.4 Å². The second-order valence-corrected chi connectivity index (χ2v) is 12.0. The van der Waals surface area contributed by atoms with Crippen LogP contribution < -0.4 is 5.49 Å². The molecule has 14 heteroatoms. The van der Waals surface area contributed by atoms with Crippen molar-refractivity contribution in [3.8, 4) is 21.1 Å². The largest absolute Gasteiger partial charge is 0.427 e. The lowest BCUT2D eigenvalue weighted by Gasteiger charge is -2.21. The summed E-state index contributed by atoms with van der Waals surface area (Å²) in [5.41, 5.74) is 0.162. The highest BCUT2D eigenvalue weighted by molar-refractivity contribution is 7.92. The Morgan fingerprint density at radius 2 is 2.03 bits per heavy atom. The minimum absolute atomic E-state index is 0.0500. The summed E-state index contributed by atoms with van der Waals surface area (Å²) in [7, 11) is -4.23. The average molecular weight is 585 g/mol. The van der Waals surface area contributed by atoms with E-state index in [4.69, 9.17) is 22.9 Å². The van der Waals surface area contributed by atoms with Crippen molar-refractivity contribution in [2.45, 2.75) is 42.2 Å². The van der Waals surface area contributed by atoms with Gasteiger partial charge in [0.05, 0.1) is 16.3 Å². The third-order valence-electron chi connectivity index (χ3n) is 5.96. The number of carbonyl (C=O) groups excluding carboxylic acids is 1. The summed E-state index contributed by atoms with van der Waals surface area (Å²) in [5.74, 6) is -0.419. The molecule has 1 aliphatic heterocycles. The van der Waals surface area contributed by atoms with Gasteiger partial charge >= 0.3 is 0 Å². The molecule has 4 heterocycles. The predicted octanol–water partition coefficient (Wildman–Crippen LogP) is 4.90. The lowest BCUT2D eigenvalue weighted by Crippen LogP contribution is -2.19. The third-order valence-corrected chi connectivity index (χ3v) is 9.39. The van der Waals surface area contributed by atoms with Gasteiger partial charge in [-0.1, -0.05) is 11.6 Å². The van der Waals surface area contributed by atoms with E-state index in [1.54, 1.807) is 4.68 Å². The van der Waals surface area contributed by atoms with Crippen LogP contribution in [-0.2, 0) is 19.4 Å². The van der Waals surface area contributed by atoms with Gasteiger partial charge in [0.1, 0.15) is 11.2 Å². The van der Waals surface area contributed by atoms with Crippen molar-refractivity contribution in [3.05, 3.63) is 70.8 Å². The number of carbonyl (C=O) groups is 1. The number of nitrogens with zero attached hydrogens (tertiary/aromatic N) is 6. The molecule has 1 amide bonds. The second-order valence-electron chi connectivity index (χ2n) is 8.63. The highest BCUT2D eigenvalue weighted by Gasteiger charge is 2.33. The van der Waals surface area contributed by atoms with Crippen LogP contribution in [0.15, 0.2) is 63.7 Å². The van der Waals surface area contributed by atoms with Crippen LogP contribution in [0.1, 0.15) is 32.4 Å². The van der Waals surface area contributed by atoms with E-state index in [1.807, 2.05) is 0 Å². The molecule has 3 aromatic heterocycles. The number of rotatable bonds is 5. The van der Waals surface area contributed by atoms with Crippen LogP contribution in [-0.4, -0.2) is 45.6 Å². The monoisotopic (exact) mass is 584 g/mol. The van der Waals surface area contributed by atoms with Crippen LogP contribution in [0.5, 0.6) is 0 Å². The van der Waals surface area contributed by atoms with Crippen molar-refractivity contribution in [1.29, 1.82) is 0 Å². The number of hydrogen-bond acceptors (Lipinski definition) is 8. The topological polar surface area (TPSA) is 133 Å². The van der Waals surface area contributed by atoms with Crippen molar-refractivity contribution in [2.75, 3.05) is 6.61 Å². The number of sulfone groups is 1. The molecule has 11 nitrogen and oxygen atoms in total. The molecule has 0 spiro atoms. The molecule has 0 radical (unpaired) electrons. The Bertz CT molecular complexity index is 1780. The van der Waals surface area contributed by atoms with E-state index < -0.39 is 15.7 Å². The predicted molar refractivity (Wildman–Crippen MR) is 142 cm³/mol. The van der Waals surface area contributed by atoms with Gasteiger partial charge in [-0.15, -0.1) is 16.4 Å². The van der Waals surface area contributed by atoms with Gasteiger partial charge in [0, 0.05) is 29.6 Å². The molecule has 5 rings (SSSR count). The second kappa shape index (κ2) is 10.7. The number of benzene rings is 1. The van der Waals surface area contributed by atoms with Gasteiger partial charge in [-0.25, -0.2) is 22.9 Å². The summed E-state index contributed by atoms with van der Waals surface area (Å²) in [6.45, 7) is 9.77. The van der Waals surface area contributed by atoms with Gasteiger partial charge in [-0.2, -0.15) is 9.72 Å². The number of pyridine rings is 1. The zero-order chi connectivity index (χ0) is 27.7. The maximum absolute atomic E-state index is 14.0. The summed E-state index contributed by atoms with van der Waals surface area (Å²) in [5, 5.41) is 15.0. The van der Waals surface area contributed by atoms with Crippen LogP contribution in [0.4, 0.5) is 5.69 Å². The fourth-order valence-corrected chi connectivity index (χ4v) is 7.33. The first-order valence-electron chi connectivity index (χ1n) is 11.7. The molecule has 0 aliphatic carbocycles. The molecule has 0 bridgehead atoms. The normalized spacial score (nSPS) is 16.2. The van der Waals surface area contributed by atoms with Crippen molar-refractivity contribution in [1.82, 2.24) is 19.5 Å². The third kappa shape index (κ3) is 5.24. The van der Waals surface area contributed by atoms with Gasteiger partial charge in [0.2, 0.25) is 11.6 Å². The Labute approximate surface area is 232 Å². The first kappa shape index (κ1) is 26.8. The van der Waals surface area contributed by atoms with Gasteiger partial charge in [0.15, 0.2) is 27.4 Å². The molecule has 1 aromatic carbocycles. The SMILES string of the molecule is [C-]#[N+]c1c(-c2ccn(O)c(=NC(C)=O)c2)sc(-c2ncn(C3CCCCO3)n2)c1S(=O)(=O)c1ccc(Cl)cc1. The summed E-state index contributed by atoms with van der Waals surface area (Å²) in [6.07, 6.45) is 5.09. The number of hydrogen-bond donors (Lipinski definition) is 1. The first-order valence-corrected chi connectivity index (χ1v) is 14.4. The molecular weight excluding hydrogens is 564 g/mol. The number of ether oxygens (including phenoxy) is 1. The van der Waals surface area contributed by atoms with Crippen molar-refractivity contribution in [3.63, 3.8) is 0 Å². The molecule has 200 valence electrons. The van der Waals surface area contributed by atoms with Gasteiger partial charge in [-0.3, -0.25) is 4.79 Å². The highest BCUT2D eigenvalue weighted by atomic mass is 35.5. The van der Waals surface area contributed by atoms with Gasteiger partial charge < -0.3 is 9.94 Å². The van der Waals surface area contributed by atoms with E-state index in [2.05, 4.69) is 19.9 Å². The highest BCUT2D eigenvalue weighted by Crippen LogP contribution is 2.50. The van der Waals surface area contributed by atoms with Crippen LogP contribution in [0, 0.1) is 6.57 Å². The molecule has 1 N–H and O–H groups in total. The van der Waals surface area contributed by atoms with Crippen molar-refractivity contribution < 1.29 is 23.2 Å². The van der Waals surface area contributed by atoms with E-state index >= 15 is 0 Å². The van der Waals surface area contributed by atoms with Crippen molar-refractivity contribution >= 4 is 44.4 Å². The van der Waals surface area contributed by atoms with Crippen LogP contribution in [0.25, 0.3) is 26.0 Å². The van der Waals surface area contributed by atoms with E-state index in [-0.39, 0.29) is 37.9 Å². The Morgan fingerprint density at radius 1 is 1.26 bits per heavy atom. The molecule has 4 aromatic rings. The van der Waals surface area contributed by atoms with Crippen LogP contribution >= 0.6 is 22.9 Å². The number of thiophene rings is 1. The molecule has 0 saturated carbocycles. The van der Waals surface area contributed by atoms with E-state index in [1.165, 1.54) is 55.8 Å². The van der Waals surface area contributed by atoms with Gasteiger partial charge in [-0.05, 0) is 61.2 Å². The number of halogens is 1. The summed E-state index contributed by atoms with van der Waals surface area (Å²) >= 11 is 7.01. The molecule has 1 fully saturated rings. The minimum atomic E-state index is -4.23. The Balaban J connectivity index is 1.75. The van der Waals surface area contributed by atoms with Crippen molar-refractivity contribution in [2.24, 2.45) is 4.99 Å². The smallest absolute Gasteiger partial charge is 0.244 e. The number of amides is 1. The Hall–Kier alpha value is -3.83. The fraction of sp³-hybridized carbons (Fsp3) is 0.240.